The number of hydrogen-bond donors (Lipinski definition) is 2. The molecule has 0 bridgehead atoms. The number of nitrogens with one attached hydrogen (secondary N) is 2. The van der Waals surface area contributed by atoms with Gasteiger partial charge in [0.05, 0.1) is 5.69 Å². The standard InChI is InChI=1S/C21H17N3O/c1-14-7-2-5-12-18(14)22-21(25)20-13-19(23-24-20)17-11-6-9-15-8-3-4-10-16(15)17/h2-13H,1H3,(H,22,25)(H,23,24). The Morgan fingerprint density at radius 1 is 0.960 bits per heavy atom. The van der Waals surface area contributed by atoms with Crippen LogP contribution in [-0.2, 0) is 0 Å². The van der Waals surface area contributed by atoms with Gasteiger partial charge in [-0.2, -0.15) is 5.10 Å². The SMILES string of the molecule is Cc1ccccc1NC(=O)c1cc(-c2cccc3ccccc23)n[nH]1. The van der Waals surface area contributed by atoms with Crippen LogP contribution in [-0.4, -0.2) is 16.1 Å². The van der Waals surface area contributed by atoms with Crippen LogP contribution in [0.15, 0.2) is 72.8 Å². The minimum absolute atomic E-state index is 0.201. The van der Waals surface area contributed by atoms with Crippen LogP contribution < -0.4 is 5.32 Å². The zero-order valence-electron chi connectivity index (χ0n) is 13.8. The summed E-state index contributed by atoms with van der Waals surface area (Å²) in [5.41, 5.74) is 4.01. The highest BCUT2D eigenvalue weighted by Gasteiger charge is 2.13. The van der Waals surface area contributed by atoms with E-state index in [0.717, 1.165) is 33.3 Å². The van der Waals surface area contributed by atoms with Crippen LogP contribution in [0.2, 0.25) is 0 Å². The number of H-pyrrole nitrogens is 1. The lowest BCUT2D eigenvalue weighted by molar-refractivity contribution is 0.102. The van der Waals surface area contributed by atoms with Gasteiger partial charge in [0, 0.05) is 11.3 Å². The van der Waals surface area contributed by atoms with Gasteiger partial charge >= 0.3 is 0 Å². The molecule has 2 N–H and O–H groups in total. The number of hydrogen-bond acceptors (Lipinski definition) is 2. The van der Waals surface area contributed by atoms with Gasteiger partial charge < -0.3 is 5.32 Å². The fourth-order valence-corrected chi connectivity index (χ4v) is 2.93. The number of para-hydroxylation sites is 1. The Labute approximate surface area is 145 Å². The highest BCUT2D eigenvalue weighted by Crippen LogP contribution is 2.27. The van der Waals surface area contributed by atoms with Crippen LogP contribution >= 0.6 is 0 Å². The second-order valence-corrected chi connectivity index (χ2v) is 5.96. The Morgan fingerprint density at radius 3 is 2.60 bits per heavy atom. The Bertz CT molecular complexity index is 1060. The van der Waals surface area contributed by atoms with Gasteiger partial charge in [0.15, 0.2) is 0 Å². The lowest BCUT2D eigenvalue weighted by Gasteiger charge is -2.06. The molecule has 0 spiro atoms. The summed E-state index contributed by atoms with van der Waals surface area (Å²) in [5, 5.41) is 12.4. The summed E-state index contributed by atoms with van der Waals surface area (Å²) >= 11 is 0. The van der Waals surface area contributed by atoms with Crippen LogP contribution in [0.3, 0.4) is 0 Å². The summed E-state index contributed by atoms with van der Waals surface area (Å²) < 4.78 is 0. The molecule has 0 aliphatic heterocycles. The highest BCUT2D eigenvalue weighted by molar-refractivity contribution is 6.04. The Balaban J connectivity index is 1.66. The van der Waals surface area contributed by atoms with Gasteiger partial charge in [0.25, 0.3) is 5.91 Å². The number of carbonyl (C=O) groups is 1. The monoisotopic (exact) mass is 327 g/mol. The molecule has 0 aliphatic rings. The molecule has 1 heterocycles. The molecule has 0 fully saturated rings. The van der Waals surface area contributed by atoms with Crippen LogP contribution in [0.25, 0.3) is 22.0 Å². The maximum atomic E-state index is 12.5. The summed E-state index contributed by atoms with van der Waals surface area (Å²) in [5.74, 6) is -0.201. The molecule has 25 heavy (non-hydrogen) atoms. The van der Waals surface area contributed by atoms with Crippen molar-refractivity contribution in [1.82, 2.24) is 10.2 Å². The fraction of sp³-hybridized carbons (Fsp3) is 0.0476. The minimum Gasteiger partial charge on any atom is -0.320 e. The molecule has 1 aromatic heterocycles. The van der Waals surface area contributed by atoms with E-state index in [1.54, 1.807) is 6.07 Å². The molecule has 4 rings (SSSR count). The summed E-state index contributed by atoms with van der Waals surface area (Å²) in [4.78, 5) is 12.5. The summed E-state index contributed by atoms with van der Waals surface area (Å²) in [6.45, 7) is 1.96. The molecule has 4 aromatic rings. The molecule has 0 atom stereocenters. The van der Waals surface area contributed by atoms with E-state index in [4.69, 9.17) is 0 Å². The van der Waals surface area contributed by atoms with Gasteiger partial charge in [-0.05, 0) is 35.4 Å². The van der Waals surface area contributed by atoms with Crippen molar-refractivity contribution < 1.29 is 4.79 Å². The predicted molar refractivity (Wildman–Crippen MR) is 101 cm³/mol. The average molecular weight is 327 g/mol. The number of nitrogens with zero attached hydrogens (tertiary/aromatic N) is 1. The van der Waals surface area contributed by atoms with Gasteiger partial charge in [-0.1, -0.05) is 60.7 Å². The predicted octanol–water partition coefficient (Wildman–Crippen LogP) is 4.79. The van der Waals surface area contributed by atoms with E-state index in [9.17, 15) is 4.79 Å². The maximum absolute atomic E-state index is 12.5. The number of anilines is 1. The first-order chi connectivity index (χ1) is 12.2. The van der Waals surface area contributed by atoms with Gasteiger partial charge in [-0.25, -0.2) is 0 Å². The maximum Gasteiger partial charge on any atom is 0.273 e. The summed E-state index contributed by atoms with van der Waals surface area (Å²) in [6.07, 6.45) is 0. The fourth-order valence-electron chi connectivity index (χ4n) is 2.93. The van der Waals surface area contributed by atoms with E-state index in [1.807, 2.05) is 55.5 Å². The van der Waals surface area contributed by atoms with Gasteiger partial charge in [0.1, 0.15) is 5.69 Å². The third kappa shape index (κ3) is 2.90. The van der Waals surface area contributed by atoms with E-state index in [0.29, 0.717) is 5.69 Å². The van der Waals surface area contributed by atoms with E-state index in [2.05, 4.69) is 33.7 Å². The molecular formula is C21H17N3O. The zero-order chi connectivity index (χ0) is 17.2. The number of aromatic amines is 1. The molecule has 0 radical (unpaired) electrons. The van der Waals surface area contributed by atoms with Crippen molar-refractivity contribution in [3.05, 3.63) is 84.1 Å². The zero-order valence-corrected chi connectivity index (χ0v) is 13.8. The number of carbonyl (C=O) groups excluding carboxylic acids is 1. The second kappa shape index (κ2) is 6.24. The van der Waals surface area contributed by atoms with Gasteiger partial charge in [0.2, 0.25) is 0 Å². The topological polar surface area (TPSA) is 57.8 Å². The van der Waals surface area contributed by atoms with Crippen molar-refractivity contribution >= 4 is 22.4 Å². The van der Waals surface area contributed by atoms with Crippen molar-refractivity contribution in [3.8, 4) is 11.3 Å². The molecule has 0 aliphatic carbocycles. The summed E-state index contributed by atoms with van der Waals surface area (Å²) in [7, 11) is 0. The van der Waals surface area contributed by atoms with E-state index in [-0.39, 0.29) is 5.91 Å². The summed E-state index contributed by atoms with van der Waals surface area (Å²) in [6, 6.07) is 23.7. The van der Waals surface area contributed by atoms with Crippen molar-refractivity contribution in [2.75, 3.05) is 5.32 Å². The lowest BCUT2D eigenvalue weighted by atomic mass is 10.0. The number of rotatable bonds is 3. The van der Waals surface area contributed by atoms with E-state index in [1.165, 1.54) is 0 Å². The number of aromatic nitrogens is 2. The molecule has 4 heteroatoms. The quantitative estimate of drug-likeness (QED) is 0.568. The van der Waals surface area contributed by atoms with Crippen LogP contribution in [0.5, 0.6) is 0 Å². The molecule has 122 valence electrons. The molecule has 0 saturated heterocycles. The van der Waals surface area contributed by atoms with Crippen LogP contribution in [0.4, 0.5) is 5.69 Å². The van der Waals surface area contributed by atoms with Gasteiger partial charge in [-0.3, -0.25) is 9.89 Å². The Hall–Kier alpha value is -3.40. The largest absolute Gasteiger partial charge is 0.320 e. The Kier molecular flexibility index (Phi) is 3.78. The van der Waals surface area contributed by atoms with E-state index < -0.39 is 0 Å². The van der Waals surface area contributed by atoms with Crippen molar-refractivity contribution in [2.45, 2.75) is 6.92 Å². The van der Waals surface area contributed by atoms with Gasteiger partial charge in [-0.15, -0.1) is 0 Å². The molecular weight excluding hydrogens is 310 g/mol. The lowest BCUT2D eigenvalue weighted by Crippen LogP contribution is -2.13. The van der Waals surface area contributed by atoms with Crippen molar-refractivity contribution in [2.24, 2.45) is 0 Å². The number of fused-ring (bicyclic) bond motifs is 1. The normalized spacial score (nSPS) is 10.8. The smallest absolute Gasteiger partial charge is 0.273 e. The first kappa shape index (κ1) is 15.1. The third-order valence-electron chi connectivity index (χ3n) is 4.28. The van der Waals surface area contributed by atoms with Crippen LogP contribution in [0.1, 0.15) is 16.1 Å². The first-order valence-corrected chi connectivity index (χ1v) is 8.13. The molecule has 1 amide bonds. The Morgan fingerprint density at radius 2 is 1.72 bits per heavy atom. The highest BCUT2D eigenvalue weighted by atomic mass is 16.1. The third-order valence-corrected chi connectivity index (χ3v) is 4.28. The molecule has 0 saturated carbocycles. The van der Waals surface area contributed by atoms with Crippen molar-refractivity contribution in [3.63, 3.8) is 0 Å². The van der Waals surface area contributed by atoms with E-state index >= 15 is 0 Å². The number of benzene rings is 3. The number of aryl methyl sites for hydroxylation is 1. The second-order valence-electron chi connectivity index (χ2n) is 5.96. The average Bonchev–Trinajstić information content (AvgIpc) is 3.13. The first-order valence-electron chi connectivity index (χ1n) is 8.13. The number of amides is 1. The van der Waals surface area contributed by atoms with Crippen molar-refractivity contribution in [1.29, 1.82) is 0 Å². The molecule has 4 nitrogen and oxygen atoms in total. The minimum atomic E-state index is -0.201. The molecule has 0 unspecified atom stereocenters. The molecule has 3 aromatic carbocycles. The van der Waals surface area contributed by atoms with Crippen LogP contribution in [0, 0.1) is 6.92 Å².